The van der Waals surface area contributed by atoms with Crippen LogP contribution in [0.15, 0.2) is 18.2 Å². The molecule has 19 heavy (non-hydrogen) atoms. The van der Waals surface area contributed by atoms with Gasteiger partial charge in [-0.2, -0.15) is 0 Å². The van der Waals surface area contributed by atoms with Crippen LogP contribution in [0.5, 0.6) is 0 Å². The second-order valence-electron chi connectivity index (χ2n) is 5.99. The van der Waals surface area contributed by atoms with Gasteiger partial charge in [0, 0.05) is 17.6 Å². The third-order valence-corrected chi connectivity index (χ3v) is 4.52. The van der Waals surface area contributed by atoms with E-state index in [-0.39, 0.29) is 11.6 Å². The van der Waals surface area contributed by atoms with Crippen LogP contribution in [0, 0.1) is 23.5 Å². The molecule has 0 heterocycles. The quantitative estimate of drug-likeness (QED) is 0.853. The second kappa shape index (κ2) is 6.00. The van der Waals surface area contributed by atoms with E-state index < -0.39 is 11.6 Å². The third kappa shape index (κ3) is 3.33. The second-order valence-corrected chi connectivity index (χ2v) is 5.99. The molecule has 1 saturated carbocycles. The van der Waals surface area contributed by atoms with Crippen molar-refractivity contribution < 1.29 is 8.78 Å². The highest BCUT2D eigenvalue weighted by molar-refractivity contribution is 5.22. The molecule has 4 unspecified atom stereocenters. The fraction of sp³-hybridized carbons (Fsp3) is 0.625. The topological polar surface area (TPSA) is 12.0 Å². The Labute approximate surface area is 114 Å². The average molecular weight is 267 g/mol. The summed E-state index contributed by atoms with van der Waals surface area (Å²) in [7, 11) is 0. The monoisotopic (exact) mass is 267 g/mol. The van der Waals surface area contributed by atoms with E-state index in [0.29, 0.717) is 12.0 Å². The van der Waals surface area contributed by atoms with Crippen LogP contribution in [0.4, 0.5) is 8.78 Å². The number of nitrogens with one attached hydrogen (secondary N) is 1. The normalized spacial score (nSPS) is 29.2. The van der Waals surface area contributed by atoms with Gasteiger partial charge < -0.3 is 5.32 Å². The first kappa shape index (κ1) is 14.4. The summed E-state index contributed by atoms with van der Waals surface area (Å²) in [5.74, 6) is 0.497. The number of benzene rings is 1. The summed E-state index contributed by atoms with van der Waals surface area (Å²) in [6.45, 7) is 6.37. The molecule has 1 aromatic rings. The molecule has 0 aliphatic heterocycles. The molecule has 1 nitrogen and oxygen atoms in total. The highest BCUT2D eigenvalue weighted by atomic mass is 19.1. The number of hydrogen-bond donors (Lipinski definition) is 1. The van der Waals surface area contributed by atoms with Crippen molar-refractivity contribution in [3.63, 3.8) is 0 Å². The zero-order valence-corrected chi connectivity index (χ0v) is 11.9. The number of hydrogen-bond acceptors (Lipinski definition) is 1. The summed E-state index contributed by atoms with van der Waals surface area (Å²) in [5.41, 5.74) is 0.161. The van der Waals surface area contributed by atoms with Gasteiger partial charge in [0.2, 0.25) is 0 Å². The molecule has 0 spiro atoms. The molecule has 0 bridgehead atoms. The van der Waals surface area contributed by atoms with Gasteiger partial charge >= 0.3 is 0 Å². The van der Waals surface area contributed by atoms with Crippen molar-refractivity contribution in [1.29, 1.82) is 0 Å². The Kier molecular flexibility index (Phi) is 4.56. The van der Waals surface area contributed by atoms with E-state index >= 15 is 0 Å². The Morgan fingerprint density at radius 3 is 2.32 bits per heavy atom. The minimum Gasteiger partial charge on any atom is -0.307 e. The molecule has 1 aliphatic rings. The zero-order chi connectivity index (χ0) is 14.0. The summed E-state index contributed by atoms with van der Waals surface area (Å²) < 4.78 is 27.4. The van der Waals surface area contributed by atoms with E-state index in [0.717, 1.165) is 18.8 Å². The summed E-state index contributed by atoms with van der Waals surface area (Å²) >= 11 is 0. The average Bonchev–Trinajstić information content (AvgIpc) is 2.33. The molecular weight excluding hydrogens is 244 g/mol. The summed E-state index contributed by atoms with van der Waals surface area (Å²) in [6.07, 6.45) is 3.36. The Morgan fingerprint density at radius 1 is 1.11 bits per heavy atom. The van der Waals surface area contributed by atoms with Gasteiger partial charge in [0.1, 0.15) is 11.6 Å². The number of rotatable bonds is 3. The van der Waals surface area contributed by atoms with Gasteiger partial charge in [-0.3, -0.25) is 0 Å². The van der Waals surface area contributed by atoms with Crippen LogP contribution >= 0.6 is 0 Å². The smallest absolute Gasteiger partial charge is 0.130 e. The predicted octanol–water partition coefficient (Wildman–Crippen LogP) is 4.44. The Hall–Kier alpha value is -0.960. The Bertz CT molecular complexity index is 413. The highest BCUT2D eigenvalue weighted by Crippen LogP contribution is 2.31. The van der Waals surface area contributed by atoms with E-state index in [1.807, 2.05) is 6.92 Å². The molecule has 2 rings (SSSR count). The van der Waals surface area contributed by atoms with Gasteiger partial charge in [0.05, 0.1) is 0 Å². The molecule has 0 aromatic heterocycles. The van der Waals surface area contributed by atoms with Crippen molar-refractivity contribution in [3.8, 4) is 0 Å². The van der Waals surface area contributed by atoms with Gasteiger partial charge in [-0.05, 0) is 50.2 Å². The first-order valence-corrected chi connectivity index (χ1v) is 7.19. The van der Waals surface area contributed by atoms with E-state index in [4.69, 9.17) is 0 Å². The zero-order valence-electron chi connectivity index (χ0n) is 11.9. The van der Waals surface area contributed by atoms with Crippen LogP contribution in [-0.4, -0.2) is 6.04 Å². The number of halogens is 2. The lowest BCUT2D eigenvalue weighted by molar-refractivity contribution is 0.216. The van der Waals surface area contributed by atoms with Crippen molar-refractivity contribution in [3.05, 3.63) is 35.4 Å². The van der Waals surface area contributed by atoms with Crippen LogP contribution in [0.2, 0.25) is 0 Å². The standard InChI is InChI=1S/C16H23F2N/c1-10-7-8-13(9-11(10)2)19-12(3)16-14(17)5-4-6-15(16)18/h4-6,10-13,19H,7-9H2,1-3H3. The molecule has 0 saturated heterocycles. The summed E-state index contributed by atoms with van der Waals surface area (Å²) in [5, 5.41) is 3.39. The maximum atomic E-state index is 13.7. The Balaban J connectivity index is 2.03. The molecule has 3 heteroatoms. The molecule has 1 N–H and O–H groups in total. The maximum absolute atomic E-state index is 13.7. The van der Waals surface area contributed by atoms with Crippen molar-refractivity contribution in [2.45, 2.75) is 52.1 Å². The highest BCUT2D eigenvalue weighted by Gasteiger charge is 2.26. The SMILES string of the molecule is CC(NC1CCC(C)C(C)C1)c1c(F)cccc1F. The van der Waals surface area contributed by atoms with Crippen LogP contribution < -0.4 is 5.32 Å². The minimum absolute atomic E-state index is 0.161. The van der Waals surface area contributed by atoms with Crippen molar-refractivity contribution in [1.82, 2.24) is 5.32 Å². The van der Waals surface area contributed by atoms with Crippen LogP contribution in [0.3, 0.4) is 0 Å². The lowest BCUT2D eigenvalue weighted by atomic mass is 9.79. The third-order valence-electron chi connectivity index (χ3n) is 4.52. The molecule has 1 aliphatic carbocycles. The van der Waals surface area contributed by atoms with Gasteiger partial charge in [-0.1, -0.05) is 19.9 Å². The molecule has 0 amide bonds. The lowest BCUT2D eigenvalue weighted by Gasteiger charge is -2.34. The van der Waals surface area contributed by atoms with E-state index in [2.05, 4.69) is 19.2 Å². The van der Waals surface area contributed by atoms with E-state index in [1.54, 1.807) is 0 Å². The maximum Gasteiger partial charge on any atom is 0.130 e. The van der Waals surface area contributed by atoms with Crippen LogP contribution in [0.1, 0.15) is 51.6 Å². The molecule has 1 fully saturated rings. The minimum atomic E-state index is -0.461. The first-order chi connectivity index (χ1) is 8.99. The largest absolute Gasteiger partial charge is 0.307 e. The van der Waals surface area contributed by atoms with Crippen molar-refractivity contribution in [2.75, 3.05) is 0 Å². The van der Waals surface area contributed by atoms with Gasteiger partial charge in [-0.15, -0.1) is 0 Å². The van der Waals surface area contributed by atoms with Crippen LogP contribution in [0.25, 0.3) is 0 Å². The van der Waals surface area contributed by atoms with Gasteiger partial charge in [-0.25, -0.2) is 8.78 Å². The van der Waals surface area contributed by atoms with E-state index in [9.17, 15) is 8.78 Å². The summed E-state index contributed by atoms with van der Waals surface area (Å²) in [4.78, 5) is 0. The van der Waals surface area contributed by atoms with Crippen molar-refractivity contribution >= 4 is 0 Å². The van der Waals surface area contributed by atoms with Crippen molar-refractivity contribution in [2.24, 2.45) is 11.8 Å². The molecule has 106 valence electrons. The Morgan fingerprint density at radius 2 is 1.74 bits per heavy atom. The molecule has 4 atom stereocenters. The molecule has 1 aromatic carbocycles. The fourth-order valence-corrected chi connectivity index (χ4v) is 3.06. The fourth-order valence-electron chi connectivity index (χ4n) is 3.06. The molecule has 0 radical (unpaired) electrons. The lowest BCUT2D eigenvalue weighted by Crippen LogP contribution is -2.38. The first-order valence-electron chi connectivity index (χ1n) is 7.19. The van der Waals surface area contributed by atoms with E-state index in [1.165, 1.54) is 24.6 Å². The van der Waals surface area contributed by atoms with Gasteiger partial charge in [0.25, 0.3) is 0 Å². The molecular formula is C16H23F2N. The summed E-state index contributed by atoms with van der Waals surface area (Å²) in [6, 6.07) is 4.13. The van der Waals surface area contributed by atoms with Gasteiger partial charge in [0.15, 0.2) is 0 Å². The van der Waals surface area contributed by atoms with Crippen LogP contribution in [-0.2, 0) is 0 Å². The predicted molar refractivity (Wildman–Crippen MR) is 73.9 cm³/mol.